The summed E-state index contributed by atoms with van der Waals surface area (Å²) < 4.78 is 11.0. The number of ether oxygens (including phenoxy) is 2. The maximum atomic E-state index is 6.18. The molecule has 18 heavy (non-hydrogen) atoms. The number of hydrogen-bond donors (Lipinski definition) is 1. The molecule has 0 atom stereocenters. The van der Waals surface area contributed by atoms with Crippen molar-refractivity contribution in [2.75, 3.05) is 33.4 Å². The fourth-order valence-electron chi connectivity index (χ4n) is 2.46. The minimum atomic E-state index is -0.00296. The third kappa shape index (κ3) is 2.35. The van der Waals surface area contributed by atoms with E-state index >= 15 is 0 Å². The Hall–Kier alpha value is -0.770. The molecular weight excluding hydrogens is 250 g/mol. The van der Waals surface area contributed by atoms with Crippen LogP contribution in [0.15, 0.2) is 12.1 Å². The Bertz CT molecular complexity index is 430. The van der Waals surface area contributed by atoms with E-state index in [1.165, 1.54) is 0 Å². The number of methoxy groups -OCH3 is 1. The van der Waals surface area contributed by atoms with Crippen molar-refractivity contribution in [3.05, 3.63) is 28.3 Å². The van der Waals surface area contributed by atoms with Gasteiger partial charge in [0.25, 0.3) is 0 Å². The highest BCUT2D eigenvalue weighted by atomic mass is 35.5. The maximum Gasteiger partial charge on any atom is 0.125 e. The minimum absolute atomic E-state index is 0.00296. The second-order valence-electron chi connectivity index (χ2n) is 4.86. The number of likely N-dealkylation sites (N-methyl/N-ethyl adjacent to an activating group) is 1. The van der Waals surface area contributed by atoms with E-state index in [1.807, 2.05) is 19.1 Å². The molecule has 1 saturated heterocycles. The molecule has 1 aliphatic heterocycles. The first-order valence-electron chi connectivity index (χ1n) is 6.26. The molecule has 0 aliphatic carbocycles. The molecule has 0 saturated carbocycles. The first-order chi connectivity index (χ1) is 8.63. The molecule has 1 fully saturated rings. The van der Waals surface area contributed by atoms with Crippen LogP contribution >= 0.6 is 11.6 Å². The molecule has 3 nitrogen and oxygen atoms in total. The zero-order valence-corrected chi connectivity index (χ0v) is 11.9. The first kappa shape index (κ1) is 13.7. The van der Waals surface area contributed by atoms with Crippen molar-refractivity contribution in [1.29, 1.82) is 0 Å². The van der Waals surface area contributed by atoms with Gasteiger partial charge in [-0.1, -0.05) is 18.5 Å². The maximum absolute atomic E-state index is 6.18. The van der Waals surface area contributed by atoms with Gasteiger partial charge in [-0.25, -0.2) is 0 Å². The summed E-state index contributed by atoms with van der Waals surface area (Å²) in [5, 5.41) is 4.16. The normalized spacial score (nSPS) is 17.3. The molecule has 1 aromatic rings. The molecule has 4 heteroatoms. The van der Waals surface area contributed by atoms with Gasteiger partial charge in [0.05, 0.1) is 25.7 Å². The van der Waals surface area contributed by atoms with E-state index in [1.54, 1.807) is 7.11 Å². The van der Waals surface area contributed by atoms with Crippen LogP contribution in [0, 0.1) is 6.92 Å². The van der Waals surface area contributed by atoms with Crippen molar-refractivity contribution < 1.29 is 9.47 Å². The molecule has 1 aliphatic rings. The lowest BCUT2D eigenvalue weighted by Crippen LogP contribution is -2.53. The van der Waals surface area contributed by atoms with Crippen LogP contribution in [0.25, 0.3) is 0 Å². The van der Waals surface area contributed by atoms with Crippen molar-refractivity contribution >= 4 is 11.6 Å². The van der Waals surface area contributed by atoms with E-state index in [4.69, 9.17) is 21.1 Å². The number of benzene rings is 1. The van der Waals surface area contributed by atoms with Crippen LogP contribution in [0.3, 0.4) is 0 Å². The van der Waals surface area contributed by atoms with Crippen molar-refractivity contribution in [3.63, 3.8) is 0 Å². The third-order valence-electron chi connectivity index (χ3n) is 3.48. The van der Waals surface area contributed by atoms with Crippen LogP contribution in [-0.4, -0.2) is 33.4 Å². The molecule has 100 valence electrons. The lowest BCUT2D eigenvalue weighted by molar-refractivity contribution is -0.0597. The summed E-state index contributed by atoms with van der Waals surface area (Å²) in [5.41, 5.74) is 2.22. The topological polar surface area (TPSA) is 30.5 Å². The summed E-state index contributed by atoms with van der Waals surface area (Å²) in [7, 11) is 1.71. The average Bonchev–Trinajstić information content (AvgIpc) is 2.27. The summed E-state index contributed by atoms with van der Waals surface area (Å²) in [6, 6.07) is 3.94. The van der Waals surface area contributed by atoms with Gasteiger partial charge in [0, 0.05) is 17.1 Å². The highest BCUT2D eigenvalue weighted by molar-refractivity contribution is 6.30. The number of halogens is 1. The van der Waals surface area contributed by atoms with Crippen molar-refractivity contribution in [1.82, 2.24) is 5.32 Å². The van der Waals surface area contributed by atoms with Crippen molar-refractivity contribution in [3.8, 4) is 5.75 Å². The molecule has 0 aromatic heterocycles. The van der Waals surface area contributed by atoms with Crippen molar-refractivity contribution in [2.45, 2.75) is 19.3 Å². The average molecular weight is 270 g/mol. The lowest BCUT2D eigenvalue weighted by atomic mass is 9.77. The Balaban J connectivity index is 2.41. The molecule has 1 aromatic carbocycles. The largest absolute Gasteiger partial charge is 0.496 e. The van der Waals surface area contributed by atoms with Crippen LogP contribution in [0.2, 0.25) is 5.02 Å². The van der Waals surface area contributed by atoms with Crippen LogP contribution in [0.1, 0.15) is 18.1 Å². The molecule has 1 N–H and O–H groups in total. The van der Waals surface area contributed by atoms with Gasteiger partial charge in [0.1, 0.15) is 5.75 Å². The monoisotopic (exact) mass is 269 g/mol. The zero-order chi connectivity index (χ0) is 13.2. The van der Waals surface area contributed by atoms with E-state index in [2.05, 4.69) is 12.2 Å². The highest BCUT2D eigenvalue weighted by Crippen LogP contribution is 2.40. The van der Waals surface area contributed by atoms with E-state index < -0.39 is 0 Å². The minimum Gasteiger partial charge on any atom is -0.496 e. The molecule has 0 radical (unpaired) electrons. The van der Waals surface area contributed by atoms with E-state index in [9.17, 15) is 0 Å². The molecule has 0 amide bonds. The van der Waals surface area contributed by atoms with E-state index in [-0.39, 0.29) is 5.41 Å². The summed E-state index contributed by atoms with van der Waals surface area (Å²) in [6.07, 6.45) is 0. The van der Waals surface area contributed by atoms with Gasteiger partial charge in [0.2, 0.25) is 0 Å². The van der Waals surface area contributed by atoms with Gasteiger partial charge in [-0.05, 0) is 31.2 Å². The SMILES string of the molecule is CCNCC1(c2cc(Cl)cc(C)c2OC)COC1. The van der Waals surface area contributed by atoms with Crippen LogP contribution in [-0.2, 0) is 10.2 Å². The van der Waals surface area contributed by atoms with Gasteiger partial charge < -0.3 is 14.8 Å². The van der Waals surface area contributed by atoms with Gasteiger partial charge in [-0.2, -0.15) is 0 Å². The van der Waals surface area contributed by atoms with Gasteiger partial charge >= 0.3 is 0 Å². The molecule has 0 spiro atoms. The Kier molecular flexibility index (Phi) is 4.15. The predicted octanol–water partition coefficient (Wildman–Crippen LogP) is 2.53. The number of aryl methyl sites for hydroxylation is 1. The summed E-state index contributed by atoms with van der Waals surface area (Å²) in [5.74, 6) is 0.931. The van der Waals surface area contributed by atoms with Crippen LogP contribution in [0.4, 0.5) is 0 Å². The van der Waals surface area contributed by atoms with Gasteiger partial charge in [-0.3, -0.25) is 0 Å². The number of nitrogens with one attached hydrogen (secondary N) is 1. The zero-order valence-electron chi connectivity index (χ0n) is 11.2. The molecule has 2 rings (SSSR count). The molecule has 0 unspecified atom stereocenters. The molecule has 0 bridgehead atoms. The fraction of sp³-hybridized carbons (Fsp3) is 0.571. The lowest BCUT2D eigenvalue weighted by Gasteiger charge is -2.43. The number of hydrogen-bond acceptors (Lipinski definition) is 3. The van der Waals surface area contributed by atoms with E-state index in [0.29, 0.717) is 0 Å². The molecular formula is C14H20ClNO2. The van der Waals surface area contributed by atoms with Crippen molar-refractivity contribution in [2.24, 2.45) is 0 Å². The predicted molar refractivity (Wildman–Crippen MR) is 73.8 cm³/mol. The van der Waals surface area contributed by atoms with Crippen LogP contribution < -0.4 is 10.1 Å². The second-order valence-corrected chi connectivity index (χ2v) is 5.29. The van der Waals surface area contributed by atoms with E-state index in [0.717, 1.165) is 48.2 Å². The number of rotatable bonds is 5. The first-order valence-corrected chi connectivity index (χ1v) is 6.64. The second kappa shape index (κ2) is 5.47. The fourth-order valence-corrected chi connectivity index (χ4v) is 2.73. The Morgan fingerprint density at radius 2 is 2.17 bits per heavy atom. The van der Waals surface area contributed by atoms with Gasteiger partial charge in [0.15, 0.2) is 0 Å². The summed E-state index contributed by atoms with van der Waals surface area (Å²) >= 11 is 6.18. The quantitative estimate of drug-likeness (QED) is 0.891. The highest BCUT2D eigenvalue weighted by Gasteiger charge is 2.42. The smallest absolute Gasteiger partial charge is 0.125 e. The van der Waals surface area contributed by atoms with Crippen LogP contribution in [0.5, 0.6) is 5.75 Å². The Morgan fingerprint density at radius 1 is 1.44 bits per heavy atom. The standard InChI is InChI=1S/C14H20ClNO2/c1-4-16-7-14(8-18-9-14)12-6-11(15)5-10(2)13(12)17-3/h5-6,16H,4,7-9H2,1-3H3. The Labute approximate surface area is 113 Å². The summed E-state index contributed by atoms with van der Waals surface area (Å²) in [6.45, 7) is 7.40. The third-order valence-corrected chi connectivity index (χ3v) is 3.70. The van der Waals surface area contributed by atoms with Gasteiger partial charge in [-0.15, -0.1) is 0 Å². The Morgan fingerprint density at radius 3 is 2.67 bits per heavy atom. The molecule has 1 heterocycles. The summed E-state index contributed by atoms with van der Waals surface area (Å²) in [4.78, 5) is 0.